The molecule has 0 unspecified atom stereocenters. The van der Waals surface area contributed by atoms with Crippen LogP contribution in [0.15, 0.2) is 27.1 Å². The highest BCUT2D eigenvalue weighted by atomic mass is 79.9. The molecule has 1 heterocycles. The molecule has 0 saturated carbocycles. The number of rotatable bonds is 4. The van der Waals surface area contributed by atoms with E-state index in [-0.39, 0.29) is 0 Å². The quantitative estimate of drug-likeness (QED) is 0.867. The highest BCUT2D eigenvalue weighted by Crippen LogP contribution is 2.24. The van der Waals surface area contributed by atoms with E-state index in [2.05, 4.69) is 66.4 Å². The Kier molecular flexibility index (Phi) is 4.53. The Balaban J connectivity index is 1.99. The Morgan fingerprint density at radius 1 is 1.24 bits per heavy atom. The molecule has 0 amide bonds. The largest absolute Gasteiger partial charge is 0.356 e. The molecular formula is C11H11Br2N3S. The summed E-state index contributed by atoms with van der Waals surface area (Å²) in [4.78, 5) is 0. The summed E-state index contributed by atoms with van der Waals surface area (Å²) in [5, 5.41) is 13.4. The lowest BCUT2D eigenvalue weighted by molar-refractivity contribution is 0.975. The maximum atomic E-state index is 4.08. The molecule has 0 aliphatic carbocycles. The molecule has 0 fully saturated rings. The molecule has 0 saturated heterocycles. The molecule has 3 nitrogen and oxygen atoms in total. The summed E-state index contributed by atoms with van der Waals surface area (Å²) in [7, 11) is 0. The molecule has 0 aliphatic rings. The Morgan fingerprint density at radius 2 is 2.06 bits per heavy atom. The van der Waals surface area contributed by atoms with Crippen LogP contribution >= 0.6 is 43.2 Å². The zero-order valence-electron chi connectivity index (χ0n) is 9.20. The number of hydrogen-bond acceptors (Lipinski definition) is 4. The average molecular weight is 377 g/mol. The topological polar surface area (TPSA) is 37.8 Å². The zero-order chi connectivity index (χ0) is 12.3. The summed E-state index contributed by atoms with van der Waals surface area (Å²) in [5.41, 5.74) is 1.20. The van der Waals surface area contributed by atoms with Crippen molar-refractivity contribution in [1.82, 2.24) is 10.2 Å². The summed E-state index contributed by atoms with van der Waals surface area (Å²) >= 11 is 8.54. The van der Waals surface area contributed by atoms with Crippen LogP contribution in [-0.2, 0) is 13.0 Å². The Labute approximate surface area is 121 Å². The van der Waals surface area contributed by atoms with Crippen molar-refractivity contribution in [3.63, 3.8) is 0 Å². The predicted octanol–water partition coefficient (Wildman–Crippen LogP) is 4.24. The van der Waals surface area contributed by atoms with Crippen LogP contribution in [0, 0.1) is 0 Å². The van der Waals surface area contributed by atoms with Gasteiger partial charge in [-0.3, -0.25) is 0 Å². The van der Waals surface area contributed by atoms with Gasteiger partial charge in [0.05, 0.1) is 0 Å². The molecule has 2 rings (SSSR count). The van der Waals surface area contributed by atoms with Crippen molar-refractivity contribution >= 4 is 48.3 Å². The maximum absolute atomic E-state index is 4.08. The average Bonchev–Trinajstić information content (AvgIpc) is 2.79. The van der Waals surface area contributed by atoms with Gasteiger partial charge in [-0.2, -0.15) is 0 Å². The van der Waals surface area contributed by atoms with Crippen LogP contribution in [0.3, 0.4) is 0 Å². The second kappa shape index (κ2) is 5.93. The minimum Gasteiger partial charge on any atom is -0.356 e. The molecule has 90 valence electrons. The van der Waals surface area contributed by atoms with Crippen molar-refractivity contribution < 1.29 is 0 Å². The van der Waals surface area contributed by atoms with Gasteiger partial charge in [0.1, 0.15) is 5.01 Å². The van der Waals surface area contributed by atoms with Crippen molar-refractivity contribution in [2.45, 2.75) is 19.9 Å². The van der Waals surface area contributed by atoms with Gasteiger partial charge in [0.25, 0.3) is 0 Å². The fraction of sp³-hybridized carbons (Fsp3) is 0.273. The minimum atomic E-state index is 0.754. The molecule has 1 N–H and O–H groups in total. The summed E-state index contributed by atoms with van der Waals surface area (Å²) in [6, 6.07) is 6.18. The van der Waals surface area contributed by atoms with E-state index < -0.39 is 0 Å². The molecule has 2 aromatic rings. The first kappa shape index (κ1) is 13.0. The summed E-state index contributed by atoms with van der Waals surface area (Å²) in [6.45, 7) is 2.83. The molecule has 0 aliphatic heterocycles. The van der Waals surface area contributed by atoms with Crippen molar-refractivity contribution in [3.05, 3.63) is 37.7 Å². The van der Waals surface area contributed by atoms with E-state index in [1.165, 1.54) is 5.56 Å². The Morgan fingerprint density at radius 3 is 2.71 bits per heavy atom. The van der Waals surface area contributed by atoms with E-state index in [1.807, 2.05) is 6.07 Å². The molecule has 1 aromatic heterocycles. The van der Waals surface area contributed by atoms with Crippen molar-refractivity contribution in [1.29, 1.82) is 0 Å². The van der Waals surface area contributed by atoms with Gasteiger partial charge in [-0.15, -0.1) is 10.2 Å². The van der Waals surface area contributed by atoms with Crippen LogP contribution in [-0.4, -0.2) is 10.2 Å². The third-order valence-electron chi connectivity index (χ3n) is 2.20. The van der Waals surface area contributed by atoms with Crippen molar-refractivity contribution in [2.75, 3.05) is 5.32 Å². The SMILES string of the molecule is CCc1nnc(NCc2ccc(Br)c(Br)c2)s1. The lowest BCUT2D eigenvalue weighted by atomic mass is 10.2. The lowest BCUT2D eigenvalue weighted by Gasteiger charge is -2.04. The maximum Gasteiger partial charge on any atom is 0.205 e. The Hall–Kier alpha value is -0.460. The van der Waals surface area contributed by atoms with Crippen LogP contribution in [0.4, 0.5) is 5.13 Å². The molecule has 0 bridgehead atoms. The second-order valence-electron chi connectivity index (χ2n) is 3.46. The van der Waals surface area contributed by atoms with Crippen LogP contribution in [0.1, 0.15) is 17.5 Å². The first-order chi connectivity index (χ1) is 8.19. The first-order valence-corrected chi connectivity index (χ1v) is 7.59. The number of anilines is 1. The van der Waals surface area contributed by atoms with E-state index in [9.17, 15) is 0 Å². The van der Waals surface area contributed by atoms with E-state index in [0.29, 0.717) is 0 Å². The molecule has 0 atom stereocenters. The second-order valence-corrected chi connectivity index (χ2v) is 6.23. The van der Waals surface area contributed by atoms with Crippen LogP contribution < -0.4 is 5.32 Å². The highest BCUT2D eigenvalue weighted by Gasteiger charge is 2.03. The Bertz CT molecular complexity index is 513. The zero-order valence-corrected chi connectivity index (χ0v) is 13.2. The van der Waals surface area contributed by atoms with Gasteiger partial charge in [0.15, 0.2) is 0 Å². The van der Waals surface area contributed by atoms with E-state index in [1.54, 1.807) is 11.3 Å². The first-order valence-electron chi connectivity index (χ1n) is 5.19. The molecular weight excluding hydrogens is 366 g/mol. The van der Waals surface area contributed by atoms with E-state index in [4.69, 9.17) is 0 Å². The normalized spacial score (nSPS) is 10.5. The number of hydrogen-bond donors (Lipinski definition) is 1. The standard InChI is InChI=1S/C11H11Br2N3S/c1-2-10-15-16-11(17-10)14-6-7-3-4-8(12)9(13)5-7/h3-5H,2,6H2,1H3,(H,14,16). The van der Waals surface area contributed by atoms with Gasteiger partial charge in [-0.1, -0.05) is 24.3 Å². The summed E-state index contributed by atoms with van der Waals surface area (Å²) in [5.74, 6) is 0. The van der Waals surface area contributed by atoms with Gasteiger partial charge in [0.2, 0.25) is 5.13 Å². The van der Waals surface area contributed by atoms with Crippen molar-refractivity contribution in [2.24, 2.45) is 0 Å². The van der Waals surface area contributed by atoms with Crippen molar-refractivity contribution in [3.8, 4) is 0 Å². The molecule has 6 heteroatoms. The van der Waals surface area contributed by atoms with Gasteiger partial charge >= 0.3 is 0 Å². The van der Waals surface area contributed by atoms with Gasteiger partial charge in [-0.25, -0.2) is 0 Å². The number of halogens is 2. The number of nitrogens with one attached hydrogen (secondary N) is 1. The third kappa shape index (κ3) is 3.50. The third-order valence-corrected chi connectivity index (χ3v) is 5.10. The molecule has 17 heavy (non-hydrogen) atoms. The minimum absolute atomic E-state index is 0.754. The monoisotopic (exact) mass is 375 g/mol. The van der Waals surface area contributed by atoms with E-state index in [0.717, 1.165) is 32.1 Å². The number of aromatic nitrogens is 2. The van der Waals surface area contributed by atoms with Crippen LogP contribution in [0.5, 0.6) is 0 Å². The number of nitrogens with zero attached hydrogens (tertiary/aromatic N) is 2. The number of aryl methyl sites for hydroxylation is 1. The fourth-order valence-corrected chi connectivity index (χ4v) is 2.64. The molecule has 0 spiro atoms. The van der Waals surface area contributed by atoms with Crippen LogP contribution in [0.2, 0.25) is 0 Å². The predicted molar refractivity (Wildman–Crippen MR) is 78.5 cm³/mol. The van der Waals surface area contributed by atoms with Gasteiger partial charge < -0.3 is 5.32 Å². The highest BCUT2D eigenvalue weighted by molar-refractivity contribution is 9.13. The lowest BCUT2D eigenvalue weighted by Crippen LogP contribution is -1.98. The van der Waals surface area contributed by atoms with E-state index >= 15 is 0 Å². The van der Waals surface area contributed by atoms with Crippen LogP contribution in [0.25, 0.3) is 0 Å². The molecule has 1 aromatic carbocycles. The fourth-order valence-electron chi connectivity index (χ4n) is 1.30. The smallest absolute Gasteiger partial charge is 0.205 e. The number of benzene rings is 1. The summed E-state index contributed by atoms with van der Waals surface area (Å²) < 4.78 is 2.12. The molecule has 0 radical (unpaired) electrons. The van der Waals surface area contributed by atoms with Gasteiger partial charge in [0, 0.05) is 15.5 Å². The van der Waals surface area contributed by atoms with Gasteiger partial charge in [-0.05, 0) is 56.0 Å². The summed E-state index contributed by atoms with van der Waals surface area (Å²) in [6.07, 6.45) is 0.934.